The van der Waals surface area contributed by atoms with Gasteiger partial charge in [-0.3, -0.25) is 4.79 Å². The molecule has 0 aromatic heterocycles. The minimum atomic E-state index is -0.269. The predicted octanol–water partition coefficient (Wildman–Crippen LogP) is 2.21. The van der Waals surface area contributed by atoms with Gasteiger partial charge in [-0.2, -0.15) is 0 Å². The van der Waals surface area contributed by atoms with E-state index in [1.54, 1.807) is 0 Å². The van der Waals surface area contributed by atoms with Crippen molar-refractivity contribution in [3.8, 4) is 0 Å². The Morgan fingerprint density at radius 2 is 2.00 bits per heavy atom. The van der Waals surface area contributed by atoms with E-state index in [-0.39, 0.29) is 16.7 Å². The van der Waals surface area contributed by atoms with Gasteiger partial charge in [-0.25, -0.2) is 0 Å². The van der Waals surface area contributed by atoms with Crippen LogP contribution in [0.3, 0.4) is 0 Å². The Kier molecular flexibility index (Phi) is 3.59. The van der Waals surface area contributed by atoms with E-state index in [1.165, 1.54) is 0 Å². The summed E-state index contributed by atoms with van der Waals surface area (Å²) in [5, 5.41) is 3.24. The van der Waals surface area contributed by atoms with Crippen molar-refractivity contribution in [3.05, 3.63) is 0 Å². The van der Waals surface area contributed by atoms with Crippen LogP contribution in [0, 0.1) is 11.3 Å². The third-order valence-corrected chi connectivity index (χ3v) is 3.24. The molecule has 0 aromatic rings. The Morgan fingerprint density at radius 3 is 2.50 bits per heavy atom. The standard InChI is InChI=1S/C11H20ClNO/c1-7-5-8(9(12)6-13-7)10(14)11(2,3)4/h7-9,13H,5-6H2,1-4H3. The normalized spacial score (nSPS) is 34.2. The van der Waals surface area contributed by atoms with Crippen molar-refractivity contribution < 1.29 is 4.79 Å². The maximum atomic E-state index is 12.1. The average Bonchev–Trinajstić information content (AvgIpc) is 2.06. The number of hydrogen-bond acceptors (Lipinski definition) is 2. The summed E-state index contributed by atoms with van der Waals surface area (Å²) < 4.78 is 0. The molecule has 1 heterocycles. The van der Waals surface area contributed by atoms with Gasteiger partial charge in [0.15, 0.2) is 0 Å². The number of Topliss-reactive ketones (excluding diaryl/α,β-unsaturated/α-hetero) is 1. The third-order valence-electron chi connectivity index (χ3n) is 2.78. The van der Waals surface area contributed by atoms with Gasteiger partial charge in [0.2, 0.25) is 0 Å². The first kappa shape index (κ1) is 12.0. The Labute approximate surface area is 91.4 Å². The van der Waals surface area contributed by atoms with Crippen molar-refractivity contribution in [3.63, 3.8) is 0 Å². The van der Waals surface area contributed by atoms with E-state index >= 15 is 0 Å². The molecule has 1 aliphatic rings. The molecule has 82 valence electrons. The summed E-state index contributed by atoms with van der Waals surface area (Å²) in [5.41, 5.74) is -0.269. The van der Waals surface area contributed by atoms with Gasteiger partial charge in [0, 0.05) is 23.9 Å². The lowest BCUT2D eigenvalue weighted by molar-refractivity contribution is -0.131. The first-order chi connectivity index (χ1) is 6.32. The van der Waals surface area contributed by atoms with E-state index in [4.69, 9.17) is 11.6 Å². The van der Waals surface area contributed by atoms with Crippen LogP contribution in [0.5, 0.6) is 0 Å². The molecule has 3 atom stereocenters. The van der Waals surface area contributed by atoms with Crippen molar-refractivity contribution in [2.24, 2.45) is 11.3 Å². The molecule has 0 amide bonds. The van der Waals surface area contributed by atoms with E-state index < -0.39 is 0 Å². The first-order valence-electron chi connectivity index (χ1n) is 5.24. The fourth-order valence-corrected chi connectivity index (χ4v) is 2.20. The zero-order valence-electron chi connectivity index (χ0n) is 9.43. The fourth-order valence-electron chi connectivity index (χ4n) is 1.90. The van der Waals surface area contributed by atoms with E-state index in [9.17, 15) is 4.79 Å². The Morgan fingerprint density at radius 1 is 1.43 bits per heavy atom. The van der Waals surface area contributed by atoms with E-state index in [0.29, 0.717) is 11.8 Å². The molecular formula is C11H20ClNO. The molecule has 1 saturated heterocycles. The average molecular weight is 218 g/mol. The molecule has 0 radical (unpaired) electrons. The minimum Gasteiger partial charge on any atom is -0.313 e. The second-order valence-corrected chi connectivity index (χ2v) is 5.84. The number of carbonyl (C=O) groups excluding carboxylic acids is 1. The molecule has 3 unspecified atom stereocenters. The molecule has 14 heavy (non-hydrogen) atoms. The third kappa shape index (κ3) is 2.71. The van der Waals surface area contributed by atoms with E-state index in [0.717, 1.165) is 13.0 Å². The number of rotatable bonds is 1. The van der Waals surface area contributed by atoms with Crippen molar-refractivity contribution in [1.29, 1.82) is 0 Å². The van der Waals surface area contributed by atoms with Crippen LogP contribution in [-0.4, -0.2) is 23.7 Å². The summed E-state index contributed by atoms with van der Waals surface area (Å²) in [6.07, 6.45) is 0.865. The second kappa shape index (κ2) is 4.19. The van der Waals surface area contributed by atoms with Gasteiger partial charge >= 0.3 is 0 Å². The van der Waals surface area contributed by atoms with Crippen LogP contribution in [0.1, 0.15) is 34.1 Å². The molecule has 0 aliphatic carbocycles. The maximum Gasteiger partial charge on any atom is 0.142 e. The predicted molar refractivity (Wildman–Crippen MR) is 59.7 cm³/mol. The lowest BCUT2D eigenvalue weighted by atomic mass is 9.77. The van der Waals surface area contributed by atoms with Crippen molar-refractivity contribution in [1.82, 2.24) is 5.32 Å². The summed E-state index contributed by atoms with van der Waals surface area (Å²) >= 11 is 6.17. The van der Waals surface area contributed by atoms with Crippen LogP contribution in [0.25, 0.3) is 0 Å². The molecule has 0 bridgehead atoms. The summed E-state index contributed by atoms with van der Waals surface area (Å²) in [7, 11) is 0. The Balaban J connectivity index is 2.70. The van der Waals surface area contributed by atoms with Gasteiger partial charge in [0.05, 0.1) is 5.38 Å². The second-order valence-electron chi connectivity index (χ2n) is 5.28. The number of carbonyl (C=O) groups is 1. The quantitative estimate of drug-likeness (QED) is 0.683. The summed E-state index contributed by atoms with van der Waals surface area (Å²) in [4.78, 5) is 12.1. The molecule has 0 spiro atoms. The summed E-state index contributed by atoms with van der Waals surface area (Å²) in [6, 6.07) is 0.404. The number of hydrogen-bond donors (Lipinski definition) is 1. The number of nitrogens with one attached hydrogen (secondary N) is 1. The molecule has 1 N–H and O–H groups in total. The largest absolute Gasteiger partial charge is 0.313 e. The van der Waals surface area contributed by atoms with Gasteiger partial charge in [-0.05, 0) is 13.3 Å². The van der Waals surface area contributed by atoms with Crippen molar-refractivity contribution in [2.45, 2.75) is 45.5 Å². The van der Waals surface area contributed by atoms with E-state index in [1.807, 2.05) is 20.8 Å². The van der Waals surface area contributed by atoms with Crippen LogP contribution in [0.4, 0.5) is 0 Å². The zero-order valence-corrected chi connectivity index (χ0v) is 10.2. The van der Waals surface area contributed by atoms with Crippen LogP contribution in [0.15, 0.2) is 0 Å². The molecule has 2 nitrogen and oxygen atoms in total. The number of piperidine rings is 1. The highest BCUT2D eigenvalue weighted by Gasteiger charge is 2.37. The van der Waals surface area contributed by atoms with Crippen molar-refractivity contribution in [2.75, 3.05) is 6.54 Å². The topological polar surface area (TPSA) is 29.1 Å². The van der Waals surface area contributed by atoms with Gasteiger partial charge < -0.3 is 5.32 Å². The monoisotopic (exact) mass is 217 g/mol. The minimum absolute atomic E-state index is 0.0212. The first-order valence-corrected chi connectivity index (χ1v) is 5.68. The summed E-state index contributed by atoms with van der Waals surface area (Å²) in [5.74, 6) is 0.318. The highest BCUT2D eigenvalue weighted by Crippen LogP contribution is 2.29. The van der Waals surface area contributed by atoms with Crippen molar-refractivity contribution >= 4 is 17.4 Å². The van der Waals surface area contributed by atoms with Crippen LogP contribution < -0.4 is 5.32 Å². The smallest absolute Gasteiger partial charge is 0.142 e. The fraction of sp³-hybridized carbons (Fsp3) is 0.909. The molecule has 0 saturated carbocycles. The SMILES string of the molecule is CC1CC(C(=O)C(C)(C)C)C(Cl)CN1. The number of halogens is 1. The number of ketones is 1. The van der Waals surface area contributed by atoms with Crippen LogP contribution in [-0.2, 0) is 4.79 Å². The zero-order chi connectivity index (χ0) is 10.9. The Bertz CT molecular complexity index is 222. The molecule has 1 rings (SSSR count). The van der Waals surface area contributed by atoms with E-state index in [2.05, 4.69) is 12.2 Å². The lowest BCUT2D eigenvalue weighted by Gasteiger charge is -2.34. The van der Waals surface area contributed by atoms with Gasteiger partial charge in [-0.15, -0.1) is 11.6 Å². The molecule has 1 aliphatic heterocycles. The van der Waals surface area contributed by atoms with Crippen LogP contribution >= 0.6 is 11.6 Å². The molecule has 3 heteroatoms. The summed E-state index contributed by atoms with van der Waals surface area (Å²) in [6.45, 7) is 8.74. The van der Waals surface area contributed by atoms with Crippen LogP contribution in [0.2, 0.25) is 0 Å². The lowest BCUT2D eigenvalue weighted by Crippen LogP contribution is -2.48. The number of alkyl halides is 1. The maximum absolute atomic E-state index is 12.1. The van der Waals surface area contributed by atoms with Gasteiger partial charge in [0.1, 0.15) is 5.78 Å². The molecule has 1 fully saturated rings. The highest BCUT2D eigenvalue weighted by atomic mass is 35.5. The molecule has 0 aromatic carbocycles. The highest BCUT2D eigenvalue weighted by molar-refractivity contribution is 6.22. The van der Waals surface area contributed by atoms with Gasteiger partial charge in [0.25, 0.3) is 0 Å². The Hall–Kier alpha value is -0.0800. The van der Waals surface area contributed by atoms with Gasteiger partial charge in [-0.1, -0.05) is 20.8 Å². The molecular weight excluding hydrogens is 198 g/mol.